The van der Waals surface area contributed by atoms with Gasteiger partial charge in [0.2, 0.25) is 5.91 Å². The fourth-order valence-electron chi connectivity index (χ4n) is 2.27. The molecular weight excluding hydrogens is 338 g/mol. The number of carbonyl (C=O) groups excluding carboxylic acids is 2. The van der Waals surface area contributed by atoms with Gasteiger partial charge in [0.15, 0.2) is 0 Å². The van der Waals surface area contributed by atoms with Crippen LogP contribution in [0.5, 0.6) is 0 Å². The molecule has 25 heavy (non-hydrogen) atoms. The van der Waals surface area contributed by atoms with E-state index in [1.165, 1.54) is 0 Å². The Morgan fingerprint density at radius 1 is 0.920 bits per heavy atom. The predicted octanol–water partition coefficient (Wildman–Crippen LogP) is 2.43. The van der Waals surface area contributed by atoms with Gasteiger partial charge in [0.1, 0.15) is 0 Å². The molecule has 1 unspecified atom stereocenters. The van der Waals surface area contributed by atoms with Crippen LogP contribution in [0.15, 0.2) is 60.7 Å². The number of rotatable bonds is 8. The van der Waals surface area contributed by atoms with Gasteiger partial charge >= 0.3 is 0 Å². The molecule has 2 aromatic rings. The van der Waals surface area contributed by atoms with Crippen LogP contribution in [0.25, 0.3) is 0 Å². The number of amides is 2. The second-order valence-corrected chi connectivity index (χ2v) is 5.55. The molecule has 0 aromatic heterocycles. The zero-order chi connectivity index (χ0) is 17.2. The number of hydrogen-bond acceptors (Lipinski definition) is 3. The van der Waals surface area contributed by atoms with Crippen LogP contribution in [0.4, 0.5) is 0 Å². The van der Waals surface area contributed by atoms with Gasteiger partial charge in [0, 0.05) is 31.1 Å². The number of nitrogens with two attached hydrogens (primary N) is 1. The number of halogens is 1. The van der Waals surface area contributed by atoms with E-state index in [0.717, 1.165) is 5.56 Å². The summed E-state index contributed by atoms with van der Waals surface area (Å²) in [6, 6.07) is 18.5. The molecule has 0 bridgehead atoms. The summed E-state index contributed by atoms with van der Waals surface area (Å²) >= 11 is 0. The first-order chi connectivity index (χ1) is 11.7. The SMILES string of the molecule is Cl.NC(CNC(=O)CCCNC(=O)c1ccccc1)c1ccccc1. The Hall–Kier alpha value is -2.37. The third-order valence-electron chi connectivity index (χ3n) is 3.65. The average molecular weight is 362 g/mol. The van der Waals surface area contributed by atoms with Crippen LogP contribution in [-0.4, -0.2) is 24.9 Å². The van der Waals surface area contributed by atoms with Crippen molar-refractivity contribution in [2.75, 3.05) is 13.1 Å². The van der Waals surface area contributed by atoms with E-state index in [1.807, 2.05) is 48.5 Å². The predicted molar refractivity (Wildman–Crippen MR) is 102 cm³/mol. The molecule has 1 atom stereocenters. The molecule has 0 aliphatic heterocycles. The Bertz CT molecular complexity index is 650. The fourth-order valence-corrected chi connectivity index (χ4v) is 2.27. The summed E-state index contributed by atoms with van der Waals surface area (Å²) < 4.78 is 0. The Labute approximate surface area is 154 Å². The Morgan fingerprint density at radius 3 is 2.16 bits per heavy atom. The van der Waals surface area contributed by atoms with Crippen LogP contribution in [0, 0.1) is 0 Å². The third-order valence-corrected chi connectivity index (χ3v) is 3.65. The molecule has 0 saturated carbocycles. The second-order valence-electron chi connectivity index (χ2n) is 5.55. The van der Waals surface area contributed by atoms with E-state index in [4.69, 9.17) is 5.73 Å². The second kappa shape index (κ2) is 11.2. The van der Waals surface area contributed by atoms with Crippen LogP contribution in [-0.2, 0) is 4.79 Å². The van der Waals surface area contributed by atoms with Crippen molar-refractivity contribution in [3.8, 4) is 0 Å². The molecule has 4 N–H and O–H groups in total. The number of carbonyl (C=O) groups is 2. The highest BCUT2D eigenvalue weighted by Gasteiger charge is 2.08. The van der Waals surface area contributed by atoms with E-state index in [-0.39, 0.29) is 30.3 Å². The average Bonchev–Trinajstić information content (AvgIpc) is 2.64. The molecule has 2 rings (SSSR count). The molecule has 0 aliphatic carbocycles. The summed E-state index contributed by atoms with van der Waals surface area (Å²) in [7, 11) is 0. The largest absolute Gasteiger partial charge is 0.354 e. The molecule has 0 saturated heterocycles. The monoisotopic (exact) mass is 361 g/mol. The first kappa shape index (κ1) is 20.7. The molecule has 6 heteroatoms. The van der Waals surface area contributed by atoms with Crippen molar-refractivity contribution in [1.82, 2.24) is 10.6 Å². The van der Waals surface area contributed by atoms with Crippen molar-refractivity contribution < 1.29 is 9.59 Å². The molecule has 0 aliphatic rings. The van der Waals surface area contributed by atoms with Gasteiger partial charge in [-0.25, -0.2) is 0 Å². The van der Waals surface area contributed by atoms with Crippen LogP contribution >= 0.6 is 12.4 Å². The number of nitrogens with one attached hydrogen (secondary N) is 2. The number of benzene rings is 2. The first-order valence-electron chi connectivity index (χ1n) is 8.07. The number of hydrogen-bond donors (Lipinski definition) is 3. The molecule has 134 valence electrons. The van der Waals surface area contributed by atoms with Gasteiger partial charge in [-0.15, -0.1) is 12.4 Å². The smallest absolute Gasteiger partial charge is 0.251 e. The maximum Gasteiger partial charge on any atom is 0.251 e. The highest BCUT2D eigenvalue weighted by atomic mass is 35.5. The van der Waals surface area contributed by atoms with Gasteiger partial charge in [0.25, 0.3) is 5.91 Å². The van der Waals surface area contributed by atoms with E-state index in [1.54, 1.807) is 12.1 Å². The molecule has 5 nitrogen and oxygen atoms in total. The van der Waals surface area contributed by atoms with Gasteiger partial charge in [-0.05, 0) is 24.1 Å². The lowest BCUT2D eigenvalue weighted by atomic mass is 10.1. The zero-order valence-corrected chi connectivity index (χ0v) is 14.8. The van der Waals surface area contributed by atoms with Crippen LogP contribution < -0.4 is 16.4 Å². The van der Waals surface area contributed by atoms with Crippen molar-refractivity contribution >= 4 is 24.2 Å². The standard InChI is InChI=1S/C19H23N3O2.ClH/c20-17(15-8-3-1-4-9-15)14-22-18(23)12-7-13-21-19(24)16-10-5-2-6-11-16;/h1-6,8-11,17H,7,12-14,20H2,(H,21,24)(H,22,23);1H. The van der Waals surface area contributed by atoms with Crippen molar-refractivity contribution in [3.05, 3.63) is 71.8 Å². The minimum atomic E-state index is -0.215. The molecule has 0 spiro atoms. The lowest BCUT2D eigenvalue weighted by Crippen LogP contribution is -2.32. The molecule has 2 amide bonds. The van der Waals surface area contributed by atoms with Gasteiger partial charge < -0.3 is 16.4 Å². The van der Waals surface area contributed by atoms with E-state index in [2.05, 4.69) is 10.6 Å². The van der Waals surface area contributed by atoms with Gasteiger partial charge in [-0.1, -0.05) is 48.5 Å². The van der Waals surface area contributed by atoms with Crippen molar-refractivity contribution in [2.45, 2.75) is 18.9 Å². The summed E-state index contributed by atoms with van der Waals surface area (Å²) in [4.78, 5) is 23.6. The minimum Gasteiger partial charge on any atom is -0.354 e. The Kier molecular flexibility index (Phi) is 9.29. The third kappa shape index (κ3) is 7.37. The lowest BCUT2D eigenvalue weighted by molar-refractivity contribution is -0.121. The summed E-state index contributed by atoms with van der Waals surface area (Å²) in [6.45, 7) is 0.866. The molecule has 0 fully saturated rings. The molecule has 2 aromatic carbocycles. The highest BCUT2D eigenvalue weighted by molar-refractivity contribution is 5.94. The van der Waals surface area contributed by atoms with E-state index in [9.17, 15) is 9.59 Å². The summed E-state index contributed by atoms with van der Waals surface area (Å²) in [6.07, 6.45) is 0.946. The normalized spacial score (nSPS) is 11.1. The highest BCUT2D eigenvalue weighted by Crippen LogP contribution is 2.07. The molecule has 0 heterocycles. The first-order valence-corrected chi connectivity index (χ1v) is 8.07. The molecule has 0 radical (unpaired) electrons. The summed E-state index contributed by atoms with van der Waals surface area (Å²) in [5.41, 5.74) is 7.65. The van der Waals surface area contributed by atoms with Gasteiger partial charge in [-0.2, -0.15) is 0 Å². The maximum atomic E-state index is 11.8. The minimum absolute atomic E-state index is 0. The van der Waals surface area contributed by atoms with E-state index >= 15 is 0 Å². The van der Waals surface area contributed by atoms with Crippen molar-refractivity contribution in [3.63, 3.8) is 0 Å². The Morgan fingerprint density at radius 2 is 1.52 bits per heavy atom. The van der Waals surface area contributed by atoms with Gasteiger partial charge in [0.05, 0.1) is 0 Å². The topological polar surface area (TPSA) is 84.2 Å². The van der Waals surface area contributed by atoms with Crippen LogP contribution in [0.2, 0.25) is 0 Å². The van der Waals surface area contributed by atoms with Crippen molar-refractivity contribution in [2.24, 2.45) is 5.73 Å². The van der Waals surface area contributed by atoms with E-state index < -0.39 is 0 Å². The quantitative estimate of drug-likeness (QED) is 0.631. The molecular formula is C19H24ClN3O2. The summed E-state index contributed by atoms with van der Waals surface area (Å²) in [5, 5.41) is 5.63. The Balaban J connectivity index is 0.00000312. The van der Waals surface area contributed by atoms with Crippen LogP contribution in [0.3, 0.4) is 0 Å². The van der Waals surface area contributed by atoms with E-state index in [0.29, 0.717) is 31.5 Å². The fraction of sp³-hybridized carbons (Fsp3) is 0.263. The maximum absolute atomic E-state index is 11.8. The zero-order valence-electron chi connectivity index (χ0n) is 14.0. The summed E-state index contributed by atoms with van der Waals surface area (Å²) in [5.74, 6) is -0.183. The van der Waals surface area contributed by atoms with Crippen molar-refractivity contribution in [1.29, 1.82) is 0 Å². The van der Waals surface area contributed by atoms with Crippen LogP contribution in [0.1, 0.15) is 34.8 Å². The van der Waals surface area contributed by atoms with Gasteiger partial charge in [-0.3, -0.25) is 9.59 Å². The lowest BCUT2D eigenvalue weighted by Gasteiger charge is -2.13.